The molecule has 3 aromatic rings. The summed E-state index contributed by atoms with van der Waals surface area (Å²) in [6.45, 7) is 0.168. The Morgan fingerprint density at radius 1 is 1.00 bits per heavy atom. The average Bonchev–Trinajstić information content (AvgIpc) is 3.16. The third-order valence-electron chi connectivity index (χ3n) is 5.83. The van der Waals surface area contributed by atoms with Gasteiger partial charge in [0.1, 0.15) is 17.9 Å². The van der Waals surface area contributed by atoms with E-state index < -0.39 is 30.0 Å². The highest BCUT2D eigenvalue weighted by molar-refractivity contribution is 6.29. The molecule has 0 radical (unpaired) electrons. The van der Waals surface area contributed by atoms with E-state index in [4.69, 9.17) is 16.3 Å². The Balaban J connectivity index is 1.30. The zero-order valence-corrected chi connectivity index (χ0v) is 18.8. The van der Waals surface area contributed by atoms with Crippen LogP contribution in [0.4, 0.5) is 4.79 Å². The number of benzene rings is 2. The number of amides is 1. The van der Waals surface area contributed by atoms with Crippen LogP contribution < -0.4 is 5.32 Å². The quantitative estimate of drug-likeness (QED) is 0.360. The van der Waals surface area contributed by atoms with Gasteiger partial charge in [0.15, 0.2) is 5.69 Å². The SMILES string of the molecule is O=C(NCCC(O)C(O)c1ccc(Cl)nc1C(=O)O)OCC1c2ccccc2-c2ccccc21. The number of carboxylic acid groups (broad SMARTS) is 1. The zero-order chi connectivity index (χ0) is 24.2. The number of carbonyl (C=O) groups is 2. The van der Waals surface area contributed by atoms with Gasteiger partial charge in [-0.25, -0.2) is 14.6 Å². The van der Waals surface area contributed by atoms with Crippen LogP contribution in [0.15, 0.2) is 60.7 Å². The summed E-state index contributed by atoms with van der Waals surface area (Å²) in [5.41, 5.74) is 3.94. The van der Waals surface area contributed by atoms with Crippen LogP contribution >= 0.6 is 11.6 Å². The van der Waals surface area contributed by atoms with Crippen LogP contribution in [-0.4, -0.2) is 51.6 Å². The molecule has 8 nitrogen and oxygen atoms in total. The van der Waals surface area contributed by atoms with Crippen molar-refractivity contribution in [1.82, 2.24) is 10.3 Å². The smallest absolute Gasteiger partial charge is 0.407 e. The lowest BCUT2D eigenvalue weighted by Gasteiger charge is -2.20. The number of aromatic carboxylic acids is 1. The van der Waals surface area contributed by atoms with E-state index in [0.717, 1.165) is 22.3 Å². The number of alkyl carbamates (subject to hydrolysis) is 1. The zero-order valence-electron chi connectivity index (χ0n) is 18.0. The molecule has 1 aliphatic carbocycles. The summed E-state index contributed by atoms with van der Waals surface area (Å²) in [6, 6.07) is 18.6. The summed E-state index contributed by atoms with van der Waals surface area (Å²) < 4.78 is 5.43. The summed E-state index contributed by atoms with van der Waals surface area (Å²) in [5.74, 6) is -1.45. The molecule has 9 heteroatoms. The molecule has 0 saturated carbocycles. The van der Waals surface area contributed by atoms with Gasteiger partial charge in [0, 0.05) is 18.0 Å². The van der Waals surface area contributed by atoms with Gasteiger partial charge >= 0.3 is 12.1 Å². The molecule has 2 unspecified atom stereocenters. The van der Waals surface area contributed by atoms with Crippen LogP contribution in [0.2, 0.25) is 5.15 Å². The fraction of sp³-hybridized carbons (Fsp3) is 0.240. The first kappa shape index (κ1) is 23.7. The Morgan fingerprint density at radius 2 is 1.62 bits per heavy atom. The predicted molar refractivity (Wildman–Crippen MR) is 125 cm³/mol. The molecule has 0 saturated heterocycles. The van der Waals surface area contributed by atoms with Gasteiger partial charge < -0.3 is 25.4 Å². The second-order valence-corrected chi connectivity index (χ2v) is 8.32. The molecule has 1 heterocycles. The number of rotatable bonds is 8. The van der Waals surface area contributed by atoms with Crippen molar-refractivity contribution in [3.05, 3.63) is 88.2 Å². The molecule has 34 heavy (non-hydrogen) atoms. The molecule has 0 bridgehead atoms. The van der Waals surface area contributed by atoms with E-state index in [1.807, 2.05) is 48.5 Å². The number of carbonyl (C=O) groups excluding carboxylic acids is 1. The van der Waals surface area contributed by atoms with Gasteiger partial charge in [-0.05, 0) is 34.7 Å². The van der Waals surface area contributed by atoms with Crippen LogP contribution in [-0.2, 0) is 4.74 Å². The number of hydrogen-bond donors (Lipinski definition) is 4. The third kappa shape index (κ3) is 4.89. The minimum absolute atomic E-state index is 0.0122. The first-order valence-electron chi connectivity index (χ1n) is 10.7. The Kier molecular flexibility index (Phi) is 7.12. The van der Waals surface area contributed by atoms with Crippen molar-refractivity contribution < 1.29 is 29.6 Å². The number of aliphatic hydroxyl groups excluding tert-OH is 2. The van der Waals surface area contributed by atoms with Crippen molar-refractivity contribution >= 4 is 23.7 Å². The fourth-order valence-electron chi connectivity index (χ4n) is 4.19. The summed E-state index contributed by atoms with van der Waals surface area (Å²) in [6.07, 6.45) is -3.54. The number of hydrogen-bond acceptors (Lipinski definition) is 6. The summed E-state index contributed by atoms with van der Waals surface area (Å²) >= 11 is 5.72. The molecule has 1 amide bonds. The first-order valence-corrected chi connectivity index (χ1v) is 11.1. The van der Waals surface area contributed by atoms with Gasteiger partial charge in [-0.2, -0.15) is 0 Å². The number of fused-ring (bicyclic) bond motifs is 3. The Morgan fingerprint density at radius 3 is 2.24 bits per heavy atom. The van der Waals surface area contributed by atoms with Crippen molar-refractivity contribution in [3.8, 4) is 11.1 Å². The molecule has 0 aliphatic heterocycles. The van der Waals surface area contributed by atoms with E-state index in [0.29, 0.717) is 0 Å². The van der Waals surface area contributed by atoms with Crippen molar-refractivity contribution in [2.45, 2.75) is 24.5 Å². The van der Waals surface area contributed by atoms with Gasteiger partial charge in [0.05, 0.1) is 6.10 Å². The number of ether oxygens (including phenoxy) is 1. The first-order chi connectivity index (χ1) is 16.4. The molecule has 1 aliphatic rings. The number of nitrogens with one attached hydrogen (secondary N) is 1. The van der Waals surface area contributed by atoms with E-state index >= 15 is 0 Å². The molecular weight excluding hydrogens is 460 g/mol. The number of nitrogens with zero attached hydrogens (tertiary/aromatic N) is 1. The lowest BCUT2D eigenvalue weighted by atomic mass is 9.98. The van der Waals surface area contributed by atoms with Gasteiger partial charge in [-0.1, -0.05) is 66.2 Å². The summed E-state index contributed by atoms with van der Waals surface area (Å²) in [7, 11) is 0. The number of halogens is 1. The predicted octanol–water partition coefficient (Wildman–Crippen LogP) is 3.76. The maximum Gasteiger partial charge on any atom is 0.407 e. The lowest BCUT2D eigenvalue weighted by Crippen LogP contribution is -2.31. The second-order valence-electron chi connectivity index (χ2n) is 7.93. The highest BCUT2D eigenvalue weighted by Crippen LogP contribution is 2.44. The van der Waals surface area contributed by atoms with E-state index in [1.165, 1.54) is 12.1 Å². The Labute approximate surface area is 200 Å². The standard InChI is InChI=1S/C25H23ClN2O6/c26-21-10-9-18(22(28-21)24(31)32)23(30)20(29)11-12-27-25(33)34-13-19-16-7-3-1-5-14(16)15-6-2-4-8-17(15)19/h1-10,19-20,23,29-30H,11-13H2,(H,27,33)(H,31,32). The Hall–Kier alpha value is -3.46. The molecule has 4 rings (SSSR count). The number of aromatic nitrogens is 1. The highest BCUT2D eigenvalue weighted by Gasteiger charge is 2.29. The van der Waals surface area contributed by atoms with E-state index in [9.17, 15) is 24.9 Å². The van der Waals surface area contributed by atoms with Crippen LogP contribution in [0, 0.1) is 0 Å². The minimum Gasteiger partial charge on any atom is -0.476 e. The largest absolute Gasteiger partial charge is 0.476 e. The molecule has 1 aromatic heterocycles. The Bertz CT molecular complexity index is 1170. The summed E-state index contributed by atoms with van der Waals surface area (Å²) in [5, 5.41) is 32.4. The van der Waals surface area contributed by atoms with Crippen LogP contribution in [0.3, 0.4) is 0 Å². The molecule has 4 N–H and O–H groups in total. The molecule has 2 aromatic carbocycles. The monoisotopic (exact) mass is 482 g/mol. The molecule has 2 atom stereocenters. The van der Waals surface area contributed by atoms with E-state index in [-0.39, 0.29) is 36.2 Å². The number of carboxylic acids is 1. The third-order valence-corrected chi connectivity index (χ3v) is 6.04. The average molecular weight is 483 g/mol. The summed E-state index contributed by atoms with van der Waals surface area (Å²) in [4.78, 5) is 27.3. The minimum atomic E-state index is -1.51. The van der Waals surface area contributed by atoms with Crippen LogP contribution in [0.5, 0.6) is 0 Å². The van der Waals surface area contributed by atoms with Crippen LogP contribution in [0.25, 0.3) is 11.1 Å². The van der Waals surface area contributed by atoms with Crippen LogP contribution in [0.1, 0.15) is 45.6 Å². The van der Waals surface area contributed by atoms with E-state index in [2.05, 4.69) is 10.3 Å². The maximum absolute atomic E-state index is 12.2. The van der Waals surface area contributed by atoms with Crippen molar-refractivity contribution in [1.29, 1.82) is 0 Å². The highest BCUT2D eigenvalue weighted by atomic mass is 35.5. The molecule has 0 fully saturated rings. The van der Waals surface area contributed by atoms with E-state index in [1.54, 1.807) is 0 Å². The molecule has 176 valence electrons. The van der Waals surface area contributed by atoms with Crippen molar-refractivity contribution in [3.63, 3.8) is 0 Å². The second kappa shape index (κ2) is 10.2. The number of aliphatic hydroxyl groups is 2. The lowest BCUT2D eigenvalue weighted by molar-refractivity contribution is 0.0125. The topological polar surface area (TPSA) is 129 Å². The van der Waals surface area contributed by atoms with Gasteiger partial charge in [0.25, 0.3) is 0 Å². The van der Waals surface area contributed by atoms with Gasteiger partial charge in [0.2, 0.25) is 0 Å². The molecule has 0 spiro atoms. The van der Waals surface area contributed by atoms with Gasteiger partial charge in [-0.15, -0.1) is 0 Å². The number of pyridine rings is 1. The van der Waals surface area contributed by atoms with Crippen molar-refractivity contribution in [2.75, 3.05) is 13.2 Å². The maximum atomic E-state index is 12.2. The normalized spacial score (nSPS) is 14.1. The van der Waals surface area contributed by atoms with Crippen molar-refractivity contribution in [2.24, 2.45) is 0 Å². The fourth-order valence-corrected chi connectivity index (χ4v) is 4.34. The van der Waals surface area contributed by atoms with Gasteiger partial charge in [-0.3, -0.25) is 0 Å². The molecular formula is C25H23ClN2O6.